The summed E-state index contributed by atoms with van der Waals surface area (Å²) in [5.41, 5.74) is -0.819. The highest BCUT2D eigenvalue weighted by atomic mass is 35.5. The van der Waals surface area contributed by atoms with Gasteiger partial charge in [0.15, 0.2) is 17.3 Å². The Morgan fingerprint density at radius 3 is 2.50 bits per heavy atom. The van der Waals surface area contributed by atoms with Crippen LogP contribution in [0.3, 0.4) is 0 Å². The Kier molecular flexibility index (Phi) is 4.77. The number of hydrogen-bond acceptors (Lipinski definition) is 6. The van der Waals surface area contributed by atoms with Gasteiger partial charge in [0.25, 0.3) is 11.3 Å². The number of pyridine rings is 1. The second-order valence-corrected chi connectivity index (χ2v) is 7.98. The summed E-state index contributed by atoms with van der Waals surface area (Å²) >= 11 is 6.22. The molecule has 0 amide bonds. The Balaban J connectivity index is 1.38. The number of ether oxygens (including phenoxy) is 2. The van der Waals surface area contributed by atoms with Gasteiger partial charge in [-0.15, -0.1) is 0 Å². The highest BCUT2D eigenvalue weighted by Gasteiger charge is 2.44. The van der Waals surface area contributed by atoms with Gasteiger partial charge in [-0.2, -0.15) is 23.0 Å². The molecule has 1 spiro atoms. The molecule has 3 heterocycles. The van der Waals surface area contributed by atoms with E-state index in [0.717, 1.165) is 42.5 Å². The molecule has 1 saturated carbocycles. The van der Waals surface area contributed by atoms with Gasteiger partial charge in [0.1, 0.15) is 5.02 Å². The van der Waals surface area contributed by atoms with Crippen molar-refractivity contribution in [2.24, 2.45) is 0 Å². The van der Waals surface area contributed by atoms with Crippen molar-refractivity contribution >= 4 is 23.0 Å². The fourth-order valence-electron chi connectivity index (χ4n) is 3.81. The SMILES string of the molecule is O=c1c(Cl)c(Nc2ccc3c(c2)OC2(CCCC2)O3)cnn1-c1ccc(C(F)(F)F)cn1. The lowest BCUT2D eigenvalue weighted by molar-refractivity contribution is -0.137. The van der Waals surface area contributed by atoms with Gasteiger partial charge in [0, 0.05) is 30.8 Å². The zero-order chi connectivity index (χ0) is 22.5. The van der Waals surface area contributed by atoms with E-state index in [9.17, 15) is 18.0 Å². The maximum Gasteiger partial charge on any atom is 0.417 e. The summed E-state index contributed by atoms with van der Waals surface area (Å²) < 4.78 is 51.0. The number of nitrogens with zero attached hydrogens (tertiary/aromatic N) is 3. The molecule has 1 aliphatic heterocycles. The van der Waals surface area contributed by atoms with Gasteiger partial charge in [-0.05, 0) is 37.1 Å². The third-order valence-electron chi connectivity index (χ3n) is 5.39. The van der Waals surface area contributed by atoms with Crippen LogP contribution in [-0.4, -0.2) is 20.6 Å². The monoisotopic (exact) mass is 464 g/mol. The number of nitrogens with one attached hydrogen (secondary N) is 1. The predicted molar refractivity (Wildman–Crippen MR) is 110 cm³/mol. The maximum atomic E-state index is 12.7. The number of halogens is 4. The molecule has 32 heavy (non-hydrogen) atoms. The van der Waals surface area contributed by atoms with Gasteiger partial charge in [-0.1, -0.05) is 11.6 Å². The van der Waals surface area contributed by atoms with E-state index in [0.29, 0.717) is 23.4 Å². The topological polar surface area (TPSA) is 78.3 Å². The molecule has 0 atom stereocenters. The molecule has 1 N–H and O–H groups in total. The van der Waals surface area contributed by atoms with Gasteiger partial charge >= 0.3 is 6.18 Å². The smallest absolute Gasteiger partial charge is 0.417 e. The molecule has 1 aromatic carbocycles. The van der Waals surface area contributed by atoms with Crippen LogP contribution in [0.25, 0.3) is 5.82 Å². The van der Waals surface area contributed by atoms with Crippen molar-refractivity contribution in [1.82, 2.24) is 14.8 Å². The van der Waals surface area contributed by atoms with Gasteiger partial charge in [-0.25, -0.2) is 4.98 Å². The Labute approximate surface area is 184 Å². The van der Waals surface area contributed by atoms with Crippen LogP contribution in [0.5, 0.6) is 11.5 Å². The van der Waals surface area contributed by atoms with E-state index in [1.165, 1.54) is 6.20 Å². The predicted octanol–water partition coefficient (Wildman–Crippen LogP) is 5.08. The van der Waals surface area contributed by atoms with Crippen molar-refractivity contribution in [3.05, 3.63) is 63.7 Å². The average Bonchev–Trinajstić information content (AvgIpc) is 3.36. The summed E-state index contributed by atoms with van der Waals surface area (Å²) in [6.07, 6.45) is 1.15. The van der Waals surface area contributed by atoms with Crippen molar-refractivity contribution in [2.45, 2.75) is 37.6 Å². The third kappa shape index (κ3) is 3.64. The van der Waals surface area contributed by atoms with E-state index in [1.807, 2.05) is 0 Å². The van der Waals surface area contributed by atoms with Gasteiger partial charge in [-0.3, -0.25) is 4.79 Å². The van der Waals surface area contributed by atoms with Gasteiger partial charge in [0.2, 0.25) is 0 Å². The fourth-order valence-corrected chi connectivity index (χ4v) is 3.98. The number of rotatable bonds is 3. The van der Waals surface area contributed by atoms with Crippen molar-refractivity contribution in [3.8, 4) is 17.3 Å². The van der Waals surface area contributed by atoms with E-state index in [4.69, 9.17) is 21.1 Å². The molecule has 1 fully saturated rings. The Bertz CT molecular complexity index is 1240. The zero-order valence-corrected chi connectivity index (χ0v) is 17.2. The van der Waals surface area contributed by atoms with Crippen LogP contribution in [-0.2, 0) is 6.18 Å². The summed E-state index contributed by atoms with van der Waals surface area (Å²) in [6, 6.07) is 7.16. The van der Waals surface area contributed by atoms with Crippen molar-refractivity contribution in [3.63, 3.8) is 0 Å². The largest absolute Gasteiger partial charge is 0.448 e. The number of aromatic nitrogens is 3. The summed E-state index contributed by atoms with van der Waals surface area (Å²) in [6.45, 7) is 0. The second kappa shape index (κ2) is 7.40. The minimum Gasteiger partial charge on any atom is -0.448 e. The number of hydrogen-bond donors (Lipinski definition) is 1. The molecule has 11 heteroatoms. The Hall–Kier alpha value is -3.27. The zero-order valence-electron chi connectivity index (χ0n) is 16.4. The first-order valence-corrected chi connectivity index (χ1v) is 10.2. The Morgan fingerprint density at radius 1 is 1.06 bits per heavy atom. The van der Waals surface area contributed by atoms with E-state index in [1.54, 1.807) is 18.2 Å². The number of anilines is 2. The first-order valence-electron chi connectivity index (χ1n) is 9.85. The van der Waals surface area contributed by atoms with Crippen LogP contribution < -0.4 is 20.3 Å². The van der Waals surface area contributed by atoms with E-state index in [2.05, 4.69) is 15.4 Å². The summed E-state index contributed by atoms with van der Waals surface area (Å²) in [5.74, 6) is 0.588. The molecule has 3 aromatic rings. The minimum absolute atomic E-state index is 0.0820. The summed E-state index contributed by atoms with van der Waals surface area (Å²) in [4.78, 5) is 16.3. The van der Waals surface area contributed by atoms with Crippen LogP contribution in [0.4, 0.5) is 24.5 Å². The molecule has 0 bridgehead atoms. The Morgan fingerprint density at radius 2 is 1.81 bits per heavy atom. The van der Waals surface area contributed by atoms with E-state index in [-0.39, 0.29) is 16.5 Å². The second-order valence-electron chi connectivity index (χ2n) is 7.60. The molecule has 166 valence electrons. The molecule has 2 aromatic heterocycles. The molecular weight excluding hydrogens is 449 g/mol. The van der Waals surface area contributed by atoms with Gasteiger partial charge < -0.3 is 14.8 Å². The molecule has 0 radical (unpaired) electrons. The molecule has 2 aliphatic rings. The number of fused-ring (bicyclic) bond motifs is 1. The van der Waals surface area contributed by atoms with Crippen molar-refractivity contribution in [1.29, 1.82) is 0 Å². The highest BCUT2D eigenvalue weighted by molar-refractivity contribution is 6.33. The number of benzene rings is 1. The fraction of sp³-hybridized carbons (Fsp3) is 0.286. The lowest BCUT2D eigenvalue weighted by Gasteiger charge is -2.21. The normalized spacial score (nSPS) is 16.5. The minimum atomic E-state index is -4.53. The lowest BCUT2D eigenvalue weighted by atomic mass is 10.2. The molecule has 0 saturated heterocycles. The number of alkyl halides is 3. The first-order chi connectivity index (χ1) is 15.2. The standard InChI is InChI=1S/C21H16ClF3N4O3/c22-18-14(11-27-29(19(18)30)17-6-3-12(10-26-17)21(23,24)25)28-13-4-5-15-16(9-13)32-20(31-15)7-1-2-8-20/h3-6,9-11,28H,1-2,7-8H2. The molecule has 7 nitrogen and oxygen atoms in total. The average molecular weight is 465 g/mol. The van der Waals surface area contributed by atoms with E-state index >= 15 is 0 Å². The van der Waals surface area contributed by atoms with Gasteiger partial charge in [0.05, 0.1) is 17.4 Å². The van der Waals surface area contributed by atoms with E-state index < -0.39 is 23.1 Å². The van der Waals surface area contributed by atoms with Crippen LogP contribution >= 0.6 is 11.6 Å². The third-order valence-corrected chi connectivity index (χ3v) is 5.76. The van der Waals surface area contributed by atoms with Crippen molar-refractivity contribution < 1.29 is 22.6 Å². The quantitative estimate of drug-likeness (QED) is 0.582. The molecule has 5 rings (SSSR count). The van der Waals surface area contributed by atoms with Crippen molar-refractivity contribution in [2.75, 3.05) is 5.32 Å². The lowest BCUT2D eigenvalue weighted by Crippen LogP contribution is -2.34. The van der Waals surface area contributed by atoms with Crippen LogP contribution in [0.2, 0.25) is 5.02 Å². The molecule has 1 aliphatic carbocycles. The van der Waals surface area contributed by atoms with Crippen LogP contribution in [0.15, 0.2) is 47.5 Å². The molecular formula is C21H16ClF3N4O3. The van der Waals surface area contributed by atoms with Crippen LogP contribution in [0, 0.1) is 0 Å². The highest BCUT2D eigenvalue weighted by Crippen LogP contribution is 2.47. The first kappa shape index (κ1) is 20.6. The van der Waals surface area contributed by atoms with Crippen LogP contribution in [0.1, 0.15) is 31.2 Å². The molecule has 0 unspecified atom stereocenters. The summed E-state index contributed by atoms with van der Waals surface area (Å²) in [5, 5.41) is 6.81. The summed E-state index contributed by atoms with van der Waals surface area (Å²) in [7, 11) is 0. The maximum absolute atomic E-state index is 12.7.